The van der Waals surface area contributed by atoms with Crippen LogP contribution in [0.25, 0.3) is 0 Å². The number of hydrogen-bond donors (Lipinski definition) is 0. The van der Waals surface area contributed by atoms with Crippen LogP contribution in [0.5, 0.6) is 0 Å². The number of thioether (sulfide) groups is 1. The Morgan fingerprint density at radius 3 is 2.14 bits per heavy atom. The van der Waals surface area contributed by atoms with Gasteiger partial charge in [-0.2, -0.15) is 11.8 Å². The molecule has 0 N–H and O–H groups in total. The molecule has 1 fully saturated rings. The van der Waals surface area contributed by atoms with Gasteiger partial charge in [0, 0.05) is 5.25 Å². The highest BCUT2D eigenvalue weighted by molar-refractivity contribution is 7.99. The molecule has 1 aliphatic carbocycles. The van der Waals surface area contributed by atoms with Gasteiger partial charge in [0.25, 0.3) is 0 Å². The van der Waals surface area contributed by atoms with Crippen molar-refractivity contribution in [2.24, 2.45) is 0 Å². The molecule has 1 saturated carbocycles. The molecule has 14 heavy (non-hydrogen) atoms. The fourth-order valence-electron chi connectivity index (χ4n) is 1.85. The predicted octanol–water partition coefficient (Wildman–Crippen LogP) is 5.02. The second-order valence-corrected chi connectivity index (χ2v) is 5.95. The fourth-order valence-corrected chi connectivity index (χ4v) is 3.22. The Morgan fingerprint density at radius 2 is 1.57 bits per heavy atom. The molecule has 0 heterocycles. The molecule has 0 spiro atoms. The molecule has 0 nitrogen and oxygen atoms in total. The van der Waals surface area contributed by atoms with Crippen LogP contribution in [0.2, 0.25) is 0 Å². The molecule has 0 radical (unpaired) electrons. The molecule has 0 aliphatic heterocycles. The van der Waals surface area contributed by atoms with Crippen molar-refractivity contribution in [3.8, 4) is 0 Å². The molecule has 0 bridgehead atoms. The second kappa shape index (κ2) is 8.64. The lowest BCUT2D eigenvalue weighted by Crippen LogP contribution is -2.13. The summed E-state index contributed by atoms with van der Waals surface area (Å²) in [6, 6.07) is 0. The smallest absolute Gasteiger partial charge is 0.00470 e. The van der Waals surface area contributed by atoms with Gasteiger partial charge in [0.05, 0.1) is 0 Å². The van der Waals surface area contributed by atoms with Crippen LogP contribution in [0, 0.1) is 0 Å². The number of hydrogen-bond acceptors (Lipinski definition) is 1. The summed E-state index contributed by atoms with van der Waals surface area (Å²) in [5.74, 6) is 1.43. The fraction of sp³-hybridized carbons (Fsp3) is 1.00. The van der Waals surface area contributed by atoms with Gasteiger partial charge in [0.1, 0.15) is 0 Å². The van der Waals surface area contributed by atoms with Crippen LogP contribution in [0.1, 0.15) is 71.1 Å². The zero-order chi connectivity index (χ0) is 10.1. The number of rotatable bonds is 9. The topological polar surface area (TPSA) is 0 Å². The minimum atomic E-state index is 1.05. The van der Waals surface area contributed by atoms with Gasteiger partial charge in [-0.05, 0) is 25.0 Å². The van der Waals surface area contributed by atoms with Crippen LogP contribution in [-0.2, 0) is 0 Å². The molecule has 0 unspecified atom stereocenters. The second-order valence-electron chi connectivity index (χ2n) is 4.55. The molecule has 0 atom stereocenters. The molecule has 1 aliphatic rings. The van der Waals surface area contributed by atoms with Crippen LogP contribution < -0.4 is 0 Å². The van der Waals surface area contributed by atoms with E-state index in [1.54, 1.807) is 0 Å². The van der Waals surface area contributed by atoms with Gasteiger partial charge in [-0.25, -0.2) is 0 Å². The summed E-state index contributed by atoms with van der Waals surface area (Å²) in [6.07, 6.45) is 14.7. The van der Waals surface area contributed by atoms with Gasteiger partial charge in [0.2, 0.25) is 0 Å². The third-order valence-electron chi connectivity index (χ3n) is 3.15. The van der Waals surface area contributed by atoms with Crippen molar-refractivity contribution in [3.63, 3.8) is 0 Å². The lowest BCUT2D eigenvalue weighted by atomic mass is 10.0. The first-order valence-electron chi connectivity index (χ1n) is 6.55. The Hall–Kier alpha value is 0.350. The van der Waals surface area contributed by atoms with Crippen molar-refractivity contribution in [2.45, 2.75) is 76.4 Å². The van der Waals surface area contributed by atoms with E-state index in [1.807, 2.05) is 0 Å². The summed E-state index contributed by atoms with van der Waals surface area (Å²) in [7, 11) is 0. The molecule has 84 valence electrons. The van der Waals surface area contributed by atoms with Crippen molar-refractivity contribution in [1.29, 1.82) is 0 Å². The molecule has 0 aromatic rings. The molecule has 0 saturated heterocycles. The Bertz CT molecular complexity index is 118. The maximum Gasteiger partial charge on any atom is 0.00470 e. The Morgan fingerprint density at radius 1 is 0.929 bits per heavy atom. The maximum absolute atomic E-state index is 2.29. The summed E-state index contributed by atoms with van der Waals surface area (Å²) in [5.41, 5.74) is 0. The quantitative estimate of drug-likeness (QED) is 0.485. The highest BCUT2D eigenvalue weighted by atomic mass is 32.2. The molecule has 0 aromatic carbocycles. The summed E-state index contributed by atoms with van der Waals surface area (Å²) >= 11 is 2.23. The average Bonchev–Trinajstić information content (AvgIpc) is 2.13. The standard InChI is InChI=1S/C13H26S/c1-2-3-4-5-6-7-8-12-14-13-10-9-11-13/h13H,2-12H2,1H3. The van der Waals surface area contributed by atoms with Crippen molar-refractivity contribution in [2.75, 3.05) is 5.75 Å². The van der Waals surface area contributed by atoms with Gasteiger partial charge in [-0.15, -0.1) is 0 Å². The van der Waals surface area contributed by atoms with E-state index in [0.29, 0.717) is 0 Å². The van der Waals surface area contributed by atoms with Crippen molar-refractivity contribution in [1.82, 2.24) is 0 Å². The van der Waals surface area contributed by atoms with Gasteiger partial charge >= 0.3 is 0 Å². The summed E-state index contributed by atoms with van der Waals surface area (Å²) in [5, 5.41) is 1.05. The van der Waals surface area contributed by atoms with E-state index in [0.717, 1.165) is 5.25 Å². The molecule has 0 aromatic heterocycles. The van der Waals surface area contributed by atoms with Crippen molar-refractivity contribution >= 4 is 11.8 Å². The SMILES string of the molecule is CCCCCCCCCSC1CCC1. The average molecular weight is 214 g/mol. The van der Waals surface area contributed by atoms with Crippen LogP contribution in [-0.4, -0.2) is 11.0 Å². The lowest BCUT2D eigenvalue weighted by molar-refractivity contribution is 0.521. The molecule has 1 heteroatoms. The first-order valence-corrected chi connectivity index (χ1v) is 7.60. The van der Waals surface area contributed by atoms with Gasteiger partial charge < -0.3 is 0 Å². The molecular weight excluding hydrogens is 188 g/mol. The highest BCUT2D eigenvalue weighted by Gasteiger charge is 2.16. The monoisotopic (exact) mass is 214 g/mol. The zero-order valence-electron chi connectivity index (χ0n) is 9.76. The first kappa shape index (κ1) is 12.4. The van der Waals surface area contributed by atoms with E-state index in [4.69, 9.17) is 0 Å². The lowest BCUT2D eigenvalue weighted by Gasteiger charge is -2.24. The van der Waals surface area contributed by atoms with Crippen molar-refractivity contribution < 1.29 is 0 Å². The van der Waals surface area contributed by atoms with E-state index in [-0.39, 0.29) is 0 Å². The molecule has 1 rings (SSSR count). The molecular formula is C13H26S. The van der Waals surface area contributed by atoms with E-state index < -0.39 is 0 Å². The first-order chi connectivity index (χ1) is 6.93. The minimum absolute atomic E-state index is 1.05. The highest BCUT2D eigenvalue weighted by Crippen LogP contribution is 2.31. The van der Waals surface area contributed by atoms with Crippen LogP contribution in [0.3, 0.4) is 0 Å². The van der Waals surface area contributed by atoms with Gasteiger partial charge in [-0.1, -0.05) is 51.9 Å². The van der Waals surface area contributed by atoms with E-state index in [2.05, 4.69) is 18.7 Å². The Balaban J connectivity index is 1.67. The van der Waals surface area contributed by atoms with E-state index >= 15 is 0 Å². The largest absolute Gasteiger partial charge is 0.159 e. The summed E-state index contributed by atoms with van der Waals surface area (Å²) in [6.45, 7) is 2.29. The normalized spacial score (nSPS) is 16.9. The van der Waals surface area contributed by atoms with Crippen LogP contribution in [0.15, 0.2) is 0 Å². The third kappa shape index (κ3) is 5.95. The number of unbranched alkanes of at least 4 members (excludes halogenated alkanes) is 6. The van der Waals surface area contributed by atoms with E-state index in [9.17, 15) is 0 Å². The van der Waals surface area contributed by atoms with Gasteiger partial charge in [0.15, 0.2) is 0 Å². The van der Waals surface area contributed by atoms with Crippen LogP contribution in [0.4, 0.5) is 0 Å². The maximum atomic E-state index is 2.29. The van der Waals surface area contributed by atoms with Crippen LogP contribution >= 0.6 is 11.8 Å². The Kier molecular flexibility index (Phi) is 7.67. The summed E-state index contributed by atoms with van der Waals surface area (Å²) in [4.78, 5) is 0. The van der Waals surface area contributed by atoms with Gasteiger partial charge in [-0.3, -0.25) is 0 Å². The third-order valence-corrected chi connectivity index (χ3v) is 4.62. The van der Waals surface area contributed by atoms with E-state index in [1.165, 1.54) is 70.0 Å². The zero-order valence-corrected chi connectivity index (χ0v) is 10.6. The molecule has 0 amide bonds. The Labute approximate surface area is 94.2 Å². The minimum Gasteiger partial charge on any atom is -0.159 e. The van der Waals surface area contributed by atoms with Crippen molar-refractivity contribution in [3.05, 3.63) is 0 Å². The summed E-state index contributed by atoms with van der Waals surface area (Å²) < 4.78 is 0. The predicted molar refractivity (Wildman–Crippen MR) is 68.1 cm³/mol.